The van der Waals surface area contributed by atoms with Gasteiger partial charge in [0.1, 0.15) is 5.76 Å². The molecule has 0 radical (unpaired) electrons. The van der Waals surface area contributed by atoms with Crippen LogP contribution >= 0.6 is 11.3 Å². The van der Waals surface area contributed by atoms with Crippen molar-refractivity contribution >= 4 is 11.3 Å². The first kappa shape index (κ1) is 13.4. The Morgan fingerprint density at radius 3 is 2.83 bits per heavy atom. The second-order valence-corrected chi connectivity index (χ2v) is 6.30. The number of nitrogens with one attached hydrogen (secondary N) is 1. The molecule has 1 unspecified atom stereocenters. The summed E-state index contributed by atoms with van der Waals surface area (Å²) in [5.74, 6) is 1.08. The van der Waals surface area contributed by atoms with Crippen molar-refractivity contribution in [2.24, 2.45) is 0 Å². The number of hydrogen-bond donors (Lipinski definition) is 1. The summed E-state index contributed by atoms with van der Waals surface area (Å²) in [6.07, 6.45) is 3.85. The van der Waals surface area contributed by atoms with Gasteiger partial charge in [-0.15, -0.1) is 11.3 Å². The standard InChI is InChI=1S/C15H21NOS/c1-11(6-7-15-5-4-8-17-15)16-10-14-9-12(2)18-13(14)3/h4-5,8-9,11,16H,6-7,10H2,1-3H3. The van der Waals surface area contributed by atoms with E-state index in [0.29, 0.717) is 6.04 Å². The van der Waals surface area contributed by atoms with Crippen LogP contribution in [0.4, 0.5) is 0 Å². The van der Waals surface area contributed by atoms with Gasteiger partial charge in [-0.1, -0.05) is 0 Å². The van der Waals surface area contributed by atoms with E-state index in [2.05, 4.69) is 32.2 Å². The zero-order valence-electron chi connectivity index (χ0n) is 11.3. The van der Waals surface area contributed by atoms with Crippen molar-refractivity contribution in [3.05, 3.63) is 45.5 Å². The molecule has 0 aliphatic rings. The minimum absolute atomic E-state index is 0.509. The molecule has 3 heteroatoms. The van der Waals surface area contributed by atoms with Gasteiger partial charge in [0.15, 0.2) is 0 Å². The molecule has 0 fully saturated rings. The van der Waals surface area contributed by atoms with Gasteiger partial charge >= 0.3 is 0 Å². The van der Waals surface area contributed by atoms with Gasteiger partial charge < -0.3 is 9.73 Å². The third-order valence-electron chi connectivity index (χ3n) is 3.19. The summed E-state index contributed by atoms with van der Waals surface area (Å²) in [5, 5.41) is 3.58. The lowest BCUT2D eigenvalue weighted by Gasteiger charge is -2.12. The van der Waals surface area contributed by atoms with Crippen molar-refractivity contribution in [1.82, 2.24) is 5.32 Å². The maximum atomic E-state index is 5.34. The van der Waals surface area contributed by atoms with Crippen LogP contribution in [0.3, 0.4) is 0 Å². The molecular formula is C15H21NOS. The Morgan fingerprint density at radius 1 is 1.39 bits per heavy atom. The molecule has 2 aromatic rings. The lowest BCUT2D eigenvalue weighted by atomic mass is 10.1. The summed E-state index contributed by atoms with van der Waals surface area (Å²) >= 11 is 1.88. The highest BCUT2D eigenvalue weighted by Gasteiger charge is 2.06. The Morgan fingerprint density at radius 2 is 2.22 bits per heavy atom. The van der Waals surface area contributed by atoms with Gasteiger partial charge in [0.2, 0.25) is 0 Å². The molecule has 0 saturated carbocycles. The SMILES string of the molecule is Cc1cc(CNC(C)CCc2ccco2)c(C)s1. The van der Waals surface area contributed by atoms with Crippen molar-refractivity contribution in [2.45, 2.75) is 46.2 Å². The van der Waals surface area contributed by atoms with E-state index >= 15 is 0 Å². The van der Waals surface area contributed by atoms with Crippen LogP contribution in [0.2, 0.25) is 0 Å². The summed E-state index contributed by atoms with van der Waals surface area (Å²) in [6.45, 7) is 7.57. The number of hydrogen-bond acceptors (Lipinski definition) is 3. The molecule has 0 saturated heterocycles. The van der Waals surface area contributed by atoms with E-state index in [1.807, 2.05) is 23.5 Å². The van der Waals surface area contributed by atoms with E-state index in [-0.39, 0.29) is 0 Å². The second-order valence-electron chi connectivity index (χ2n) is 4.84. The minimum Gasteiger partial charge on any atom is -0.469 e. The van der Waals surface area contributed by atoms with E-state index in [0.717, 1.165) is 25.1 Å². The summed E-state index contributed by atoms with van der Waals surface area (Å²) in [5.41, 5.74) is 1.43. The molecular weight excluding hydrogens is 242 g/mol. The van der Waals surface area contributed by atoms with Gasteiger partial charge in [0.05, 0.1) is 6.26 Å². The Kier molecular flexibility index (Phi) is 4.61. The minimum atomic E-state index is 0.509. The van der Waals surface area contributed by atoms with Crippen LogP contribution < -0.4 is 5.32 Å². The number of rotatable bonds is 6. The second kappa shape index (κ2) is 6.21. The van der Waals surface area contributed by atoms with Crippen molar-refractivity contribution < 1.29 is 4.42 Å². The number of aryl methyl sites for hydroxylation is 3. The topological polar surface area (TPSA) is 25.2 Å². The van der Waals surface area contributed by atoms with Gasteiger partial charge in [-0.05, 0) is 51.0 Å². The molecule has 1 N–H and O–H groups in total. The van der Waals surface area contributed by atoms with Crippen LogP contribution in [-0.2, 0) is 13.0 Å². The quantitative estimate of drug-likeness (QED) is 0.850. The van der Waals surface area contributed by atoms with Crippen molar-refractivity contribution in [1.29, 1.82) is 0 Å². The Hall–Kier alpha value is -1.06. The van der Waals surface area contributed by atoms with Crippen molar-refractivity contribution in [2.75, 3.05) is 0 Å². The van der Waals surface area contributed by atoms with E-state index in [4.69, 9.17) is 4.42 Å². The predicted octanol–water partition coefficient (Wildman–Crippen LogP) is 4.07. The zero-order valence-corrected chi connectivity index (χ0v) is 12.1. The molecule has 98 valence electrons. The monoisotopic (exact) mass is 263 g/mol. The maximum absolute atomic E-state index is 5.34. The summed E-state index contributed by atoms with van der Waals surface area (Å²) < 4.78 is 5.34. The lowest BCUT2D eigenvalue weighted by molar-refractivity contribution is 0.460. The predicted molar refractivity (Wildman–Crippen MR) is 77.1 cm³/mol. The summed E-state index contributed by atoms with van der Waals surface area (Å²) in [7, 11) is 0. The molecule has 18 heavy (non-hydrogen) atoms. The van der Waals surface area contributed by atoms with Gasteiger partial charge in [0.25, 0.3) is 0 Å². The van der Waals surface area contributed by atoms with E-state index in [1.54, 1.807) is 6.26 Å². The fraction of sp³-hybridized carbons (Fsp3) is 0.467. The normalized spacial score (nSPS) is 12.8. The molecule has 0 aliphatic carbocycles. The van der Waals surface area contributed by atoms with Crippen LogP contribution in [0.15, 0.2) is 28.9 Å². The zero-order chi connectivity index (χ0) is 13.0. The average Bonchev–Trinajstić information content (AvgIpc) is 2.94. The first-order valence-corrected chi connectivity index (χ1v) is 7.28. The van der Waals surface area contributed by atoms with E-state index < -0.39 is 0 Å². The Labute approximate surface area is 113 Å². The molecule has 0 aromatic carbocycles. The van der Waals surface area contributed by atoms with Gasteiger partial charge in [-0.3, -0.25) is 0 Å². The smallest absolute Gasteiger partial charge is 0.103 e. The number of thiophene rings is 1. The van der Waals surface area contributed by atoms with Gasteiger partial charge in [-0.25, -0.2) is 0 Å². The van der Waals surface area contributed by atoms with Crippen LogP contribution in [0.1, 0.15) is 34.4 Å². The molecule has 2 heterocycles. The highest BCUT2D eigenvalue weighted by molar-refractivity contribution is 7.12. The lowest BCUT2D eigenvalue weighted by Crippen LogP contribution is -2.25. The first-order chi connectivity index (χ1) is 8.65. The van der Waals surface area contributed by atoms with Crippen molar-refractivity contribution in [3.63, 3.8) is 0 Å². The Balaban J connectivity index is 1.74. The van der Waals surface area contributed by atoms with Crippen molar-refractivity contribution in [3.8, 4) is 0 Å². The molecule has 0 bridgehead atoms. The largest absolute Gasteiger partial charge is 0.469 e. The van der Waals surface area contributed by atoms with Gasteiger partial charge in [0, 0.05) is 28.8 Å². The van der Waals surface area contributed by atoms with E-state index in [9.17, 15) is 0 Å². The molecule has 0 aliphatic heterocycles. The summed E-state index contributed by atoms with van der Waals surface area (Å²) in [6, 6.07) is 6.78. The molecule has 1 atom stereocenters. The first-order valence-electron chi connectivity index (χ1n) is 6.47. The van der Waals surface area contributed by atoms with Crippen LogP contribution in [0, 0.1) is 13.8 Å². The fourth-order valence-electron chi connectivity index (χ4n) is 2.06. The molecule has 2 rings (SSSR count). The third kappa shape index (κ3) is 3.72. The van der Waals surface area contributed by atoms with E-state index in [1.165, 1.54) is 15.3 Å². The van der Waals surface area contributed by atoms with Crippen LogP contribution in [0.5, 0.6) is 0 Å². The molecule has 2 aromatic heterocycles. The molecule has 0 amide bonds. The van der Waals surface area contributed by atoms with Gasteiger partial charge in [-0.2, -0.15) is 0 Å². The average molecular weight is 263 g/mol. The fourth-order valence-corrected chi connectivity index (χ4v) is 3.01. The molecule has 0 spiro atoms. The maximum Gasteiger partial charge on any atom is 0.103 e. The summed E-state index contributed by atoms with van der Waals surface area (Å²) in [4.78, 5) is 2.82. The van der Waals surface area contributed by atoms with Crippen LogP contribution in [0.25, 0.3) is 0 Å². The third-order valence-corrected chi connectivity index (χ3v) is 4.20. The number of furan rings is 1. The highest BCUT2D eigenvalue weighted by Crippen LogP contribution is 2.20. The Bertz CT molecular complexity index is 473. The highest BCUT2D eigenvalue weighted by atomic mass is 32.1. The molecule has 2 nitrogen and oxygen atoms in total. The van der Waals surface area contributed by atoms with Crippen LogP contribution in [-0.4, -0.2) is 6.04 Å².